The van der Waals surface area contributed by atoms with Crippen LogP contribution in [0, 0.1) is 0 Å². The van der Waals surface area contributed by atoms with Gasteiger partial charge in [0.1, 0.15) is 17.5 Å². The van der Waals surface area contributed by atoms with Crippen molar-refractivity contribution in [3.63, 3.8) is 0 Å². The van der Waals surface area contributed by atoms with Gasteiger partial charge in [0.2, 0.25) is 11.8 Å². The maximum atomic E-state index is 13.1. The second kappa shape index (κ2) is 12.0. The van der Waals surface area contributed by atoms with Gasteiger partial charge in [-0.25, -0.2) is 0 Å². The van der Waals surface area contributed by atoms with E-state index in [1.54, 1.807) is 36.4 Å². The molecule has 3 aromatic carbocycles. The van der Waals surface area contributed by atoms with Crippen molar-refractivity contribution in [2.24, 2.45) is 5.73 Å². The van der Waals surface area contributed by atoms with Gasteiger partial charge < -0.3 is 36.1 Å². The van der Waals surface area contributed by atoms with Crippen LogP contribution in [0.3, 0.4) is 0 Å². The van der Waals surface area contributed by atoms with E-state index in [0.717, 1.165) is 5.69 Å². The second-order valence-corrected chi connectivity index (χ2v) is 9.06. The van der Waals surface area contributed by atoms with Crippen LogP contribution in [-0.2, 0) is 14.4 Å². The normalized spacial score (nSPS) is 14.3. The van der Waals surface area contributed by atoms with Crippen molar-refractivity contribution in [3.8, 4) is 17.2 Å². The topological polar surface area (TPSA) is 152 Å². The molecule has 3 aromatic rings. The number of nitrogens with one attached hydrogen (secondary N) is 3. The lowest BCUT2D eigenvalue weighted by Gasteiger charge is -2.18. The molecule has 0 radical (unpaired) electrons. The molecule has 0 fully saturated rings. The molecule has 11 heteroatoms. The molecule has 1 aliphatic rings. The minimum atomic E-state index is -0.962. The highest BCUT2D eigenvalue weighted by atomic mass is 16.5. The van der Waals surface area contributed by atoms with Crippen molar-refractivity contribution < 1.29 is 28.7 Å². The molecule has 11 nitrogen and oxygen atoms in total. The van der Waals surface area contributed by atoms with E-state index in [0.29, 0.717) is 11.5 Å². The number of para-hydroxylation sites is 1. The van der Waals surface area contributed by atoms with Crippen molar-refractivity contribution >= 4 is 40.7 Å². The van der Waals surface area contributed by atoms with Gasteiger partial charge in [0, 0.05) is 32.3 Å². The van der Waals surface area contributed by atoms with E-state index in [4.69, 9.17) is 15.2 Å². The number of anilines is 3. The molecule has 0 saturated carbocycles. The smallest absolute Gasteiger partial charge is 0.262 e. The summed E-state index contributed by atoms with van der Waals surface area (Å²) in [6.45, 7) is -0.279. The largest absolute Gasteiger partial charge is 0.484 e. The van der Waals surface area contributed by atoms with Gasteiger partial charge in [0.05, 0.1) is 16.9 Å². The highest BCUT2D eigenvalue weighted by molar-refractivity contribution is 6.11. The van der Waals surface area contributed by atoms with Gasteiger partial charge in [0.25, 0.3) is 11.8 Å². The van der Waals surface area contributed by atoms with E-state index in [2.05, 4.69) is 16.0 Å². The fourth-order valence-electron chi connectivity index (χ4n) is 3.87. The molecule has 0 saturated heterocycles. The third kappa shape index (κ3) is 7.04. The molecule has 202 valence electrons. The number of fused-ring (bicyclic) bond motifs is 1. The minimum Gasteiger partial charge on any atom is -0.484 e. The number of benzene rings is 3. The molecular weight excluding hydrogens is 502 g/mol. The lowest BCUT2D eigenvalue weighted by Crippen LogP contribution is -2.41. The first kappa shape index (κ1) is 27.0. The van der Waals surface area contributed by atoms with Crippen LogP contribution in [0.2, 0.25) is 0 Å². The van der Waals surface area contributed by atoms with Gasteiger partial charge >= 0.3 is 0 Å². The van der Waals surface area contributed by atoms with Crippen molar-refractivity contribution in [1.29, 1.82) is 0 Å². The van der Waals surface area contributed by atoms with E-state index >= 15 is 0 Å². The summed E-state index contributed by atoms with van der Waals surface area (Å²) in [7, 11) is 3.78. The van der Waals surface area contributed by atoms with Crippen molar-refractivity contribution in [2.45, 2.75) is 18.9 Å². The lowest BCUT2D eigenvalue weighted by atomic mass is 10.1. The monoisotopic (exact) mass is 531 g/mol. The zero-order valence-electron chi connectivity index (χ0n) is 21.5. The highest BCUT2D eigenvalue weighted by Gasteiger charge is 2.29. The van der Waals surface area contributed by atoms with E-state index < -0.39 is 29.7 Å². The minimum absolute atomic E-state index is 0.0436. The summed E-state index contributed by atoms with van der Waals surface area (Å²) in [5, 5.41) is 8.07. The SMILES string of the molecule is CN(C)c1cccc(Oc2cc3c(cc2NC(=O)COc2ccccc2)NC(=O)[C@@H](CCC(N)=O)NC3=O)c1. The van der Waals surface area contributed by atoms with Gasteiger partial charge in [-0.2, -0.15) is 0 Å². The number of ether oxygens (including phenoxy) is 2. The number of carbonyl (C=O) groups excluding carboxylic acids is 4. The Hall–Kier alpha value is -5.06. The number of rotatable bonds is 10. The Labute approximate surface area is 225 Å². The van der Waals surface area contributed by atoms with Crippen molar-refractivity contribution in [3.05, 3.63) is 72.3 Å². The molecule has 0 unspecified atom stereocenters. The summed E-state index contributed by atoms with van der Waals surface area (Å²) >= 11 is 0. The number of hydrogen-bond donors (Lipinski definition) is 4. The maximum absolute atomic E-state index is 13.1. The summed E-state index contributed by atoms with van der Waals surface area (Å²) in [6.07, 6.45) is -0.0317. The Morgan fingerprint density at radius 2 is 1.74 bits per heavy atom. The van der Waals surface area contributed by atoms with Crippen LogP contribution in [0.15, 0.2) is 66.7 Å². The Kier molecular flexibility index (Phi) is 8.30. The van der Waals surface area contributed by atoms with Gasteiger partial charge in [-0.05, 0) is 42.8 Å². The first-order chi connectivity index (χ1) is 18.7. The highest BCUT2D eigenvalue weighted by Crippen LogP contribution is 2.37. The van der Waals surface area contributed by atoms with E-state index in [1.807, 2.05) is 37.2 Å². The van der Waals surface area contributed by atoms with Gasteiger partial charge in [-0.1, -0.05) is 24.3 Å². The number of nitrogens with zero attached hydrogens (tertiary/aromatic N) is 1. The molecule has 0 spiro atoms. The molecule has 4 rings (SSSR count). The molecule has 5 N–H and O–H groups in total. The Bertz CT molecular complexity index is 1390. The summed E-state index contributed by atoms with van der Waals surface area (Å²) in [5.41, 5.74) is 6.61. The molecular formula is C28H29N5O6. The summed E-state index contributed by atoms with van der Waals surface area (Å²) in [4.78, 5) is 51.8. The number of nitrogens with two attached hydrogens (primary N) is 1. The fourth-order valence-corrected chi connectivity index (χ4v) is 3.87. The van der Waals surface area contributed by atoms with Crippen LogP contribution in [0.25, 0.3) is 0 Å². The first-order valence-corrected chi connectivity index (χ1v) is 12.2. The molecule has 1 atom stereocenters. The van der Waals surface area contributed by atoms with Crippen LogP contribution in [-0.4, -0.2) is 50.4 Å². The summed E-state index contributed by atoms with van der Waals surface area (Å²) in [5.74, 6) is -0.952. The first-order valence-electron chi connectivity index (χ1n) is 12.2. The zero-order chi connectivity index (χ0) is 27.9. The summed E-state index contributed by atoms with van der Waals surface area (Å²) in [6, 6.07) is 18.1. The Balaban J connectivity index is 1.64. The van der Waals surface area contributed by atoms with Crippen molar-refractivity contribution in [2.75, 3.05) is 36.2 Å². The van der Waals surface area contributed by atoms with Crippen LogP contribution >= 0.6 is 0 Å². The fraction of sp³-hybridized carbons (Fsp3) is 0.214. The third-order valence-corrected chi connectivity index (χ3v) is 5.87. The predicted molar refractivity (Wildman–Crippen MR) is 146 cm³/mol. The van der Waals surface area contributed by atoms with E-state index in [-0.39, 0.29) is 42.1 Å². The summed E-state index contributed by atoms with van der Waals surface area (Å²) < 4.78 is 11.7. The molecule has 1 aliphatic heterocycles. The number of amides is 4. The Morgan fingerprint density at radius 3 is 2.46 bits per heavy atom. The zero-order valence-corrected chi connectivity index (χ0v) is 21.5. The molecule has 4 amide bonds. The number of carbonyl (C=O) groups is 4. The molecule has 0 aromatic heterocycles. The quantitative estimate of drug-likeness (QED) is 0.314. The van der Waals surface area contributed by atoms with Crippen LogP contribution < -0.4 is 36.1 Å². The average molecular weight is 532 g/mol. The lowest BCUT2D eigenvalue weighted by molar-refractivity contribution is -0.120. The van der Waals surface area contributed by atoms with Crippen LogP contribution in [0.4, 0.5) is 17.1 Å². The van der Waals surface area contributed by atoms with E-state index in [1.165, 1.54) is 12.1 Å². The van der Waals surface area contributed by atoms with Gasteiger partial charge in [0.15, 0.2) is 12.4 Å². The Morgan fingerprint density at radius 1 is 1.00 bits per heavy atom. The third-order valence-electron chi connectivity index (χ3n) is 5.87. The van der Waals surface area contributed by atoms with Crippen molar-refractivity contribution in [1.82, 2.24) is 5.32 Å². The second-order valence-electron chi connectivity index (χ2n) is 9.06. The molecule has 0 bridgehead atoms. The number of primary amides is 1. The van der Waals surface area contributed by atoms with Gasteiger partial charge in [-0.3, -0.25) is 19.2 Å². The van der Waals surface area contributed by atoms with Gasteiger partial charge in [-0.15, -0.1) is 0 Å². The van der Waals surface area contributed by atoms with Crippen LogP contribution in [0.1, 0.15) is 23.2 Å². The average Bonchev–Trinajstić information content (AvgIpc) is 3.02. The predicted octanol–water partition coefficient (Wildman–Crippen LogP) is 2.88. The standard InChI is InChI=1S/C28H29N5O6/c1-33(2)17-7-6-10-19(13-17)39-24-14-20-22(32-28(37)21(31-27(20)36)11-12-25(29)34)15-23(24)30-26(35)16-38-18-8-4-3-5-9-18/h3-10,13-15,21H,11-12,16H2,1-2H3,(H2,29,34)(H,30,35)(H,31,36)(H,32,37)/t21-/m1/s1. The van der Waals surface area contributed by atoms with Crippen LogP contribution in [0.5, 0.6) is 17.2 Å². The maximum Gasteiger partial charge on any atom is 0.262 e. The molecule has 39 heavy (non-hydrogen) atoms. The number of hydrogen-bond acceptors (Lipinski definition) is 7. The molecule has 0 aliphatic carbocycles. The van der Waals surface area contributed by atoms with E-state index in [9.17, 15) is 19.2 Å². The molecule has 1 heterocycles.